The predicted molar refractivity (Wildman–Crippen MR) is 67.9 cm³/mol. The highest BCUT2D eigenvalue weighted by atomic mass is 19.1. The summed E-state index contributed by atoms with van der Waals surface area (Å²) in [6, 6.07) is 8.23. The molecule has 2 aromatic rings. The number of rotatable bonds is 3. The Morgan fingerprint density at radius 2 is 2.00 bits per heavy atom. The molecule has 1 aromatic carbocycles. The number of carboxylic acid groups (broad SMARTS) is 1. The number of hydrogen-bond acceptors (Lipinski definition) is 4. The Morgan fingerprint density at radius 3 is 2.65 bits per heavy atom. The molecule has 1 N–H and O–H groups in total. The first kappa shape index (κ1) is 13.7. The number of aromatic carboxylic acids is 1. The zero-order valence-corrected chi connectivity index (χ0v) is 10.5. The van der Waals surface area contributed by atoms with Crippen LogP contribution < -0.4 is 0 Å². The fraction of sp³-hybridized carbons (Fsp3) is 0.0714. The van der Waals surface area contributed by atoms with Gasteiger partial charge < -0.3 is 9.84 Å². The van der Waals surface area contributed by atoms with Gasteiger partial charge >= 0.3 is 11.9 Å². The molecule has 5 nitrogen and oxygen atoms in total. The average molecular weight is 275 g/mol. The topological polar surface area (TPSA) is 76.5 Å². The van der Waals surface area contributed by atoms with E-state index in [4.69, 9.17) is 5.11 Å². The molecular formula is C14H10FNO4. The van der Waals surface area contributed by atoms with Crippen LogP contribution in [0.1, 0.15) is 20.8 Å². The number of carbonyl (C=O) groups is 2. The van der Waals surface area contributed by atoms with Crippen molar-refractivity contribution in [1.29, 1.82) is 0 Å². The van der Waals surface area contributed by atoms with E-state index in [-0.39, 0.29) is 11.3 Å². The van der Waals surface area contributed by atoms with Gasteiger partial charge in [0.1, 0.15) is 11.5 Å². The predicted octanol–water partition coefficient (Wildman–Crippen LogP) is 2.37. The lowest BCUT2D eigenvalue weighted by Gasteiger charge is -2.06. The summed E-state index contributed by atoms with van der Waals surface area (Å²) in [5.41, 5.74) is 0.393. The molecule has 2 rings (SSSR count). The normalized spacial score (nSPS) is 10.1. The van der Waals surface area contributed by atoms with Crippen molar-refractivity contribution in [3.05, 3.63) is 53.5 Å². The van der Waals surface area contributed by atoms with Gasteiger partial charge in [0.2, 0.25) is 0 Å². The Hall–Kier alpha value is -2.76. The number of nitrogens with zero attached hydrogens (tertiary/aromatic N) is 1. The summed E-state index contributed by atoms with van der Waals surface area (Å²) in [6.45, 7) is 0. The Balaban J connectivity index is 2.50. The standard InChI is InChI=1S/C14H10FNO4/c1-20-14(19)9-7-8(5-6-10(9)15)11-3-2-4-12(16-11)13(17)18/h2-7H,1H3,(H,17,18). The highest BCUT2D eigenvalue weighted by molar-refractivity contribution is 5.91. The molecule has 102 valence electrons. The number of aromatic nitrogens is 1. The molecule has 0 spiro atoms. The highest BCUT2D eigenvalue weighted by Crippen LogP contribution is 2.21. The van der Waals surface area contributed by atoms with Crippen LogP contribution in [0.3, 0.4) is 0 Å². The number of methoxy groups -OCH3 is 1. The summed E-state index contributed by atoms with van der Waals surface area (Å²) in [5, 5.41) is 8.88. The fourth-order valence-corrected chi connectivity index (χ4v) is 1.67. The third kappa shape index (κ3) is 2.64. The number of benzene rings is 1. The van der Waals surface area contributed by atoms with Gasteiger partial charge in [-0.1, -0.05) is 6.07 Å². The van der Waals surface area contributed by atoms with Crippen molar-refractivity contribution < 1.29 is 23.8 Å². The van der Waals surface area contributed by atoms with Crippen LogP contribution in [0.5, 0.6) is 0 Å². The number of ether oxygens (including phenoxy) is 1. The van der Waals surface area contributed by atoms with Crippen molar-refractivity contribution in [2.45, 2.75) is 0 Å². The second kappa shape index (κ2) is 5.48. The fourth-order valence-electron chi connectivity index (χ4n) is 1.67. The summed E-state index contributed by atoms with van der Waals surface area (Å²) in [7, 11) is 1.15. The molecule has 0 saturated heterocycles. The van der Waals surface area contributed by atoms with E-state index in [1.807, 2.05) is 0 Å². The van der Waals surface area contributed by atoms with Crippen LogP contribution >= 0.6 is 0 Å². The van der Waals surface area contributed by atoms with Crippen molar-refractivity contribution in [2.24, 2.45) is 0 Å². The van der Waals surface area contributed by atoms with E-state index in [0.717, 1.165) is 13.2 Å². The summed E-state index contributed by atoms with van der Waals surface area (Å²) in [4.78, 5) is 26.2. The van der Waals surface area contributed by atoms with Gasteiger partial charge in [-0.3, -0.25) is 0 Å². The van der Waals surface area contributed by atoms with Crippen LogP contribution in [0, 0.1) is 5.82 Å². The molecule has 0 aliphatic rings. The van der Waals surface area contributed by atoms with E-state index >= 15 is 0 Å². The minimum Gasteiger partial charge on any atom is -0.477 e. The van der Waals surface area contributed by atoms with Crippen LogP contribution in [0.2, 0.25) is 0 Å². The molecule has 0 saturated carbocycles. The SMILES string of the molecule is COC(=O)c1cc(-c2cccc(C(=O)O)n2)ccc1F. The van der Waals surface area contributed by atoms with Gasteiger partial charge in [0.15, 0.2) is 0 Å². The first-order chi connectivity index (χ1) is 9.52. The van der Waals surface area contributed by atoms with Gasteiger partial charge in [-0.05, 0) is 30.3 Å². The van der Waals surface area contributed by atoms with Crippen molar-refractivity contribution in [1.82, 2.24) is 4.98 Å². The van der Waals surface area contributed by atoms with Crippen molar-refractivity contribution in [2.75, 3.05) is 7.11 Å². The van der Waals surface area contributed by atoms with Crippen LogP contribution in [0.4, 0.5) is 4.39 Å². The smallest absolute Gasteiger partial charge is 0.354 e. The lowest BCUT2D eigenvalue weighted by atomic mass is 10.1. The van der Waals surface area contributed by atoms with Gasteiger partial charge in [0.25, 0.3) is 0 Å². The van der Waals surface area contributed by atoms with Gasteiger partial charge in [-0.2, -0.15) is 0 Å². The first-order valence-corrected chi connectivity index (χ1v) is 5.61. The maximum Gasteiger partial charge on any atom is 0.354 e. The first-order valence-electron chi connectivity index (χ1n) is 5.61. The molecule has 20 heavy (non-hydrogen) atoms. The van der Waals surface area contributed by atoms with Crippen molar-refractivity contribution in [3.8, 4) is 11.3 Å². The number of esters is 1. The van der Waals surface area contributed by atoms with Gasteiger partial charge in [-0.15, -0.1) is 0 Å². The van der Waals surface area contributed by atoms with E-state index < -0.39 is 17.8 Å². The van der Waals surface area contributed by atoms with Gasteiger partial charge in [0, 0.05) is 5.56 Å². The number of carbonyl (C=O) groups excluding carboxylic acids is 1. The second-order valence-corrected chi connectivity index (χ2v) is 3.90. The summed E-state index contributed by atoms with van der Waals surface area (Å²) in [5.74, 6) is -2.68. The van der Waals surface area contributed by atoms with E-state index in [1.54, 1.807) is 6.07 Å². The largest absolute Gasteiger partial charge is 0.477 e. The Labute approximate surface area is 113 Å². The molecule has 0 radical (unpaired) electrons. The summed E-state index contributed by atoms with van der Waals surface area (Å²) in [6.07, 6.45) is 0. The molecule has 1 aromatic heterocycles. The lowest BCUT2D eigenvalue weighted by Crippen LogP contribution is -2.05. The Morgan fingerprint density at radius 1 is 1.25 bits per heavy atom. The maximum absolute atomic E-state index is 13.5. The van der Waals surface area contributed by atoms with Crippen LogP contribution in [0.15, 0.2) is 36.4 Å². The number of hydrogen-bond donors (Lipinski definition) is 1. The van der Waals surface area contributed by atoms with Crippen LogP contribution in [-0.2, 0) is 4.74 Å². The van der Waals surface area contributed by atoms with Gasteiger partial charge in [-0.25, -0.2) is 19.0 Å². The molecule has 0 aliphatic carbocycles. The summed E-state index contributed by atoms with van der Waals surface area (Å²) >= 11 is 0. The average Bonchev–Trinajstić information content (AvgIpc) is 2.47. The van der Waals surface area contributed by atoms with E-state index in [1.165, 1.54) is 24.3 Å². The number of pyridine rings is 1. The molecule has 1 heterocycles. The highest BCUT2D eigenvalue weighted by Gasteiger charge is 2.14. The van der Waals surface area contributed by atoms with E-state index in [2.05, 4.69) is 9.72 Å². The van der Waals surface area contributed by atoms with Crippen LogP contribution in [0.25, 0.3) is 11.3 Å². The van der Waals surface area contributed by atoms with E-state index in [0.29, 0.717) is 11.3 Å². The summed E-state index contributed by atoms with van der Waals surface area (Å²) < 4.78 is 18.0. The molecule has 0 fully saturated rings. The van der Waals surface area contributed by atoms with E-state index in [9.17, 15) is 14.0 Å². The molecule has 0 aliphatic heterocycles. The Kier molecular flexibility index (Phi) is 3.74. The molecule has 0 unspecified atom stereocenters. The monoisotopic (exact) mass is 275 g/mol. The number of halogens is 1. The maximum atomic E-state index is 13.5. The molecule has 0 bridgehead atoms. The third-order valence-corrected chi connectivity index (χ3v) is 2.64. The third-order valence-electron chi connectivity index (χ3n) is 2.64. The quantitative estimate of drug-likeness (QED) is 0.870. The zero-order valence-electron chi connectivity index (χ0n) is 10.5. The molecule has 6 heteroatoms. The minimum absolute atomic E-state index is 0.133. The molecule has 0 atom stereocenters. The Bertz CT molecular complexity index is 685. The number of carboxylic acids is 1. The minimum atomic E-state index is -1.16. The lowest BCUT2D eigenvalue weighted by molar-refractivity contribution is 0.0594. The van der Waals surface area contributed by atoms with Crippen molar-refractivity contribution >= 4 is 11.9 Å². The zero-order chi connectivity index (χ0) is 14.7. The van der Waals surface area contributed by atoms with Crippen LogP contribution in [-0.4, -0.2) is 29.1 Å². The molecular weight excluding hydrogens is 265 g/mol. The molecule has 0 amide bonds. The second-order valence-electron chi connectivity index (χ2n) is 3.90. The van der Waals surface area contributed by atoms with Gasteiger partial charge in [0.05, 0.1) is 18.4 Å². The van der Waals surface area contributed by atoms with Crippen molar-refractivity contribution in [3.63, 3.8) is 0 Å².